The minimum absolute atomic E-state index is 0.0295. The standard InChI is InChI=1S/C27H42N4O4S/c1-26(2,3)35-25(33)30-15-19-20(16-30)22(19)24(32)28-27(4,5)23-18-11-9-10-12-21(18)31(29-23)17-34-13-14-36(6,7)8/h9-12,19-20,22H,13-17H2,1-8H3,(H,28,32)/t19-,20+,22?. The number of ether oxygens (including phenoxy) is 2. The molecule has 0 radical (unpaired) electrons. The van der Waals surface area contributed by atoms with E-state index in [-0.39, 0.29) is 29.8 Å². The van der Waals surface area contributed by atoms with Crippen LogP contribution in [-0.4, -0.2) is 76.5 Å². The van der Waals surface area contributed by atoms with E-state index in [1.54, 1.807) is 4.90 Å². The summed E-state index contributed by atoms with van der Waals surface area (Å²) < 4.78 is 13.3. The highest BCUT2D eigenvalue weighted by Crippen LogP contribution is 2.52. The summed E-state index contributed by atoms with van der Waals surface area (Å²) in [4.78, 5) is 27.4. The third-order valence-corrected chi connectivity index (χ3v) is 8.28. The van der Waals surface area contributed by atoms with Crippen LogP contribution in [0.5, 0.6) is 0 Å². The predicted molar refractivity (Wildman–Crippen MR) is 145 cm³/mol. The highest BCUT2D eigenvalue weighted by molar-refractivity contribution is 8.32. The first-order chi connectivity index (χ1) is 16.7. The lowest BCUT2D eigenvalue weighted by Gasteiger charge is -2.27. The first-order valence-electron chi connectivity index (χ1n) is 12.7. The van der Waals surface area contributed by atoms with Gasteiger partial charge in [-0.15, -0.1) is 0 Å². The van der Waals surface area contributed by atoms with Gasteiger partial charge in [-0.05, 0) is 71.3 Å². The summed E-state index contributed by atoms with van der Waals surface area (Å²) in [5.74, 6) is 1.40. The van der Waals surface area contributed by atoms with Crippen LogP contribution >= 0.6 is 10.0 Å². The molecule has 1 N–H and O–H groups in total. The van der Waals surface area contributed by atoms with Gasteiger partial charge in [-0.2, -0.15) is 5.10 Å². The van der Waals surface area contributed by atoms with Crippen LogP contribution in [0.15, 0.2) is 24.3 Å². The highest BCUT2D eigenvalue weighted by Gasteiger charge is 2.61. The molecular formula is C27H42N4O4S. The second kappa shape index (κ2) is 9.56. The number of carbonyl (C=O) groups excluding carboxylic acids is 2. The Balaban J connectivity index is 1.39. The van der Waals surface area contributed by atoms with E-state index in [0.29, 0.717) is 26.4 Å². The fourth-order valence-electron chi connectivity index (χ4n) is 4.99. The molecule has 2 aromatic rings. The molecule has 2 fully saturated rings. The number of fused-ring (bicyclic) bond motifs is 2. The van der Waals surface area contributed by atoms with Crippen molar-refractivity contribution in [3.05, 3.63) is 30.0 Å². The Morgan fingerprint density at radius 2 is 1.72 bits per heavy atom. The molecular weight excluding hydrogens is 476 g/mol. The van der Waals surface area contributed by atoms with E-state index in [4.69, 9.17) is 14.6 Å². The molecule has 200 valence electrons. The third-order valence-electron chi connectivity index (χ3n) is 6.89. The maximum atomic E-state index is 13.3. The molecule has 1 unspecified atom stereocenters. The van der Waals surface area contributed by atoms with Crippen LogP contribution in [0.3, 0.4) is 0 Å². The van der Waals surface area contributed by atoms with Crippen LogP contribution in [0.4, 0.5) is 4.79 Å². The SMILES string of the molecule is CC(C)(C)OC(=O)N1C[C@@H]2C(C(=O)NC(C)(C)c3nn(COCCS(C)(C)C)c4ccccc34)[C@@H]2C1. The number of amides is 2. The zero-order valence-electron chi connectivity index (χ0n) is 23.0. The number of hydrogen-bond donors (Lipinski definition) is 1. The van der Waals surface area contributed by atoms with E-state index in [9.17, 15) is 9.59 Å². The lowest BCUT2D eigenvalue weighted by Crippen LogP contribution is -2.44. The first kappa shape index (κ1) is 26.8. The second-order valence-corrected chi connectivity index (χ2v) is 17.1. The summed E-state index contributed by atoms with van der Waals surface area (Å²) in [6.07, 6.45) is 6.56. The lowest BCUT2D eigenvalue weighted by molar-refractivity contribution is -0.125. The summed E-state index contributed by atoms with van der Waals surface area (Å²) in [6, 6.07) is 8.08. The Morgan fingerprint density at radius 3 is 2.33 bits per heavy atom. The van der Waals surface area contributed by atoms with Crippen molar-refractivity contribution >= 4 is 32.9 Å². The second-order valence-electron chi connectivity index (χ2n) is 12.6. The van der Waals surface area contributed by atoms with Crippen molar-refractivity contribution in [1.29, 1.82) is 0 Å². The Kier molecular flexibility index (Phi) is 7.11. The Labute approximate surface area is 216 Å². The molecule has 0 bridgehead atoms. The minimum atomic E-state index is -0.654. The van der Waals surface area contributed by atoms with Crippen LogP contribution in [0, 0.1) is 17.8 Å². The minimum Gasteiger partial charge on any atom is -0.444 e. The van der Waals surface area contributed by atoms with Crippen LogP contribution < -0.4 is 5.32 Å². The summed E-state index contributed by atoms with van der Waals surface area (Å²) >= 11 is 0. The van der Waals surface area contributed by atoms with Crippen molar-refractivity contribution in [2.24, 2.45) is 17.8 Å². The van der Waals surface area contributed by atoms with Crippen LogP contribution in [0.25, 0.3) is 10.9 Å². The molecule has 0 spiro atoms. The smallest absolute Gasteiger partial charge is 0.410 e. The molecule has 2 aliphatic rings. The Hall–Kier alpha value is -2.26. The van der Waals surface area contributed by atoms with Gasteiger partial charge in [0.1, 0.15) is 12.3 Å². The van der Waals surface area contributed by atoms with Gasteiger partial charge in [0.25, 0.3) is 0 Å². The van der Waals surface area contributed by atoms with Crippen molar-refractivity contribution in [2.75, 3.05) is 44.2 Å². The van der Waals surface area contributed by atoms with Gasteiger partial charge in [0.05, 0.1) is 23.4 Å². The number of nitrogens with one attached hydrogen (secondary N) is 1. The predicted octanol–water partition coefficient (Wildman–Crippen LogP) is 4.17. The number of nitrogens with zero attached hydrogens (tertiary/aromatic N) is 3. The van der Waals surface area contributed by atoms with E-state index in [0.717, 1.165) is 22.3 Å². The van der Waals surface area contributed by atoms with Gasteiger partial charge < -0.3 is 19.7 Å². The number of carbonyl (C=O) groups is 2. The first-order valence-corrected chi connectivity index (χ1v) is 15.7. The monoisotopic (exact) mass is 518 g/mol. The normalized spacial score (nSPS) is 22.4. The maximum absolute atomic E-state index is 13.3. The molecule has 1 aliphatic carbocycles. The van der Waals surface area contributed by atoms with Crippen LogP contribution in [0.2, 0.25) is 0 Å². The average Bonchev–Trinajstić information content (AvgIpc) is 3.07. The Morgan fingerprint density at radius 1 is 1.08 bits per heavy atom. The molecule has 4 rings (SSSR count). The van der Waals surface area contributed by atoms with Crippen molar-refractivity contribution < 1.29 is 19.1 Å². The zero-order valence-corrected chi connectivity index (χ0v) is 23.8. The molecule has 3 atom stereocenters. The number of piperidine rings is 1. The summed E-state index contributed by atoms with van der Waals surface area (Å²) in [7, 11) is -0.609. The molecule has 2 amide bonds. The summed E-state index contributed by atoms with van der Waals surface area (Å²) in [5.41, 5.74) is 0.654. The van der Waals surface area contributed by atoms with Crippen LogP contribution in [-0.2, 0) is 26.5 Å². The molecule has 9 heteroatoms. The third kappa shape index (κ3) is 5.99. The topological polar surface area (TPSA) is 85.7 Å². The molecule has 1 aromatic heterocycles. The number of hydrogen-bond acceptors (Lipinski definition) is 5. The lowest BCUT2D eigenvalue weighted by atomic mass is 9.96. The Bertz CT molecular complexity index is 1120. The molecule has 2 heterocycles. The molecule has 1 aromatic carbocycles. The van der Waals surface area contributed by atoms with Crippen LogP contribution in [0.1, 0.15) is 40.3 Å². The van der Waals surface area contributed by atoms with Crippen molar-refractivity contribution in [3.63, 3.8) is 0 Å². The highest BCUT2D eigenvalue weighted by atomic mass is 32.3. The van der Waals surface area contributed by atoms with E-state index < -0.39 is 21.2 Å². The fourth-order valence-corrected chi connectivity index (χ4v) is 5.61. The zero-order chi connectivity index (χ0) is 26.5. The fraction of sp³-hybridized carbons (Fsp3) is 0.667. The van der Waals surface area contributed by atoms with Gasteiger partial charge in [0.2, 0.25) is 5.91 Å². The van der Waals surface area contributed by atoms with E-state index in [1.165, 1.54) is 0 Å². The number of para-hydroxylation sites is 1. The molecule has 8 nitrogen and oxygen atoms in total. The maximum Gasteiger partial charge on any atom is 0.410 e. The van der Waals surface area contributed by atoms with E-state index >= 15 is 0 Å². The average molecular weight is 519 g/mol. The van der Waals surface area contributed by atoms with Gasteiger partial charge in [-0.3, -0.25) is 4.79 Å². The quantitative estimate of drug-likeness (QED) is 0.530. The van der Waals surface area contributed by atoms with Gasteiger partial charge in [-0.1, -0.05) is 18.2 Å². The van der Waals surface area contributed by atoms with Gasteiger partial charge in [-0.25, -0.2) is 19.5 Å². The molecule has 1 saturated carbocycles. The van der Waals surface area contributed by atoms with E-state index in [1.807, 2.05) is 63.6 Å². The molecule has 1 saturated heterocycles. The van der Waals surface area contributed by atoms with Crippen molar-refractivity contribution in [3.8, 4) is 0 Å². The number of rotatable bonds is 8. The van der Waals surface area contributed by atoms with Crippen molar-refractivity contribution in [1.82, 2.24) is 20.0 Å². The van der Waals surface area contributed by atoms with Crippen molar-refractivity contribution in [2.45, 2.75) is 52.5 Å². The van der Waals surface area contributed by atoms with Gasteiger partial charge in [0, 0.05) is 30.1 Å². The number of aromatic nitrogens is 2. The van der Waals surface area contributed by atoms with Gasteiger partial charge in [0.15, 0.2) is 0 Å². The molecule has 1 aliphatic heterocycles. The number of likely N-dealkylation sites (tertiary alicyclic amines) is 1. The van der Waals surface area contributed by atoms with Gasteiger partial charge >= 0.3 is 6.09 Å². The summed E-state index contributed by atoms with van der Waals surface area (Å²) in [6.45, 7) is 11.8. The number of benzene rings is 1. The van der Waals surface area contributed by atoms with E-state index in [2.05, 4.69) is 24.1 Å². The summed E-state index contributed by atoms with van der Waals surface area (Å²) in [5, 5.41) is 9.15. The molecule has 36 heavy (non-hydrogen) atoms. The largest absolute Gasteiger partial charge is 0.444 e.